The van der Waals surface area contributed by atoms with Crippen LogP contribution in [0.1, 0.15) is 11.8 Å². The van der Waals surface area contributed by atoms with E-state index in [1.54, 1.807) is 0 Å². The standard InChI is InChI=1S/C10H11Cl2NO/c11-5-9-6-13-10(14-9)7-1-3-8(12)4-2-7/h1-4,9-10,13H,5-6H2/t9-,10-/m0/s1. The minimum absolute atomic E-state index is 0.0454. The van der Waals surface area contributed by atoms with Crippen LogP contribution in [-0.4, -0.2) is 18.5 Å². The van der Waals surface area contributed by atoms with E-state index in [4.69, 9.17) is 27.9 Å². The van der Waals surface area contributed by atoms with Crippen molar-refractivity contribution < 1.29 is 4.74 Å². The maximum atomic E-state index is 5.79. The Hall–Kier alpha value is -0.280. The molecule has 0 aliphatic carbocycles. The van der Waals surface area contributed by atoms with Crippen LogP contribution in [0, 0.1) is 0 Å². The Bertz CT molecular complexity index is 301. The molecule has 76 valence electrons. The van der Waals surface area contributed by atoms with Crippen molar-refractivity contribution in [1.29, 1.82) is 0 Å². The third-order valence-electron chi connectivity index (χ3n) is 2.20. The molecular formula is C10H11Cl2NO. The highest BCUT2D eigenvalue weighted by atomic mass is 35.5. The quantitative estimate of drug-likeness (QED) is 0.791. The van der Waals surface area contributed by atoms with Gasteiger partial charge >= 0.3 is 0 Å². The molecule has 1 heterocycles. The van der Waals surface area contributed by atoms with E-state index >= 15 is 0 Å². The Morgan fingerprint density at radius 3 is 2.64 bits per heavy atom. The van der Waals surface area contributed by atoms with Crippen LogP contribution in [0.3, 0.4) is 0 Å². The topological polar surface area (TPSA) is 21.3 Å². The van der Waals surface area contributed by atoms with Gasteiger partial charge in [-0.05, 0) is 17.7 Å². The van der Waals surface area contributed by atoms with Gasteiger partial charge in [-0.1, -0.05) is 23.7 Å². The molecule has 2 nitrogen and oxygen atoms in total. The van der Waals surface area contributed by atoms with Crippen LogP contribution in [0.2, 0.25) is 5.02 Å². The van der Waals surface area contributed by atoms with Gasteiger partial charge in [0.25, 0.3) is 0 Å². The molecule has 1 saturated heterocycles. The second kappa shape index (κ2) is 4.49. The van der Waals surface area contributed by atoms with Crippen LogP contribution in [0.25, 0.3) is 0 Å². The maximum Gasteiger partial charge on any atom is 0.134 e. The number of nitrogens with one attached hydrogen (secondary N) is 1. The molecule has 4 heteroatoms. The van der Waals surface area contributed by atoms with Crippen molar-refractivity contribution >= 4 is 23.2 Å². The van der Waals surface area contributed by atoms with Gasteiger partial charge in [-0.2, -0.15) is 0 Å². The summed E-state index contributed by atoms with van der Waals surface area (Å²) < 4.78 is 5.65. The summed E-state index contributed by atoms with van der Waals surface area (Å²) in [6.45, 7) is 0.802. The number of hydrogen-bond acceptors (Lipinski definition) is 2. The average molecular weight is 232 g/mol. The lowest BCUT2D eigenvalue weighted by Gasteiger charge is -2.11. The largest absolute Gasteiger partial charge is 0.353 e. The van der Waals surface area contributed by atoms with Crippen molar-refractivity contribution in [2.24, 2.45) is 0 Å². The van der Waals surface area contributed by atoms with Gasteiger partial charge in [0.05, 0.1) is 6.10 Å². The van der Waals surface area contributed by atoms with Crippen molar-refractivity contribution in [1.82, 2.24) is 5.32 Å². The average Bonchev–Trinajstić information content (AvgIpc) is 2.67. The Morgan fingerprint density at radius 2 is 2.07 bits per heavy atom. The van der Waals surface area contributed by atoms with Gasteiger partial charge in [0, 0.05) is 17.4 Å². The van der Waals surface area contributed by atoms with E-state index in [0.717, 1.165) is 17.1 Å². The van der Waals surface area contributed by atoms with Crippen molar-refractivity contribution in [3.05, 3.63) is 34.9 Å². The summed E-state index contributed by atoms with van der Waals surface area (Å²) in [5.74, 6) is 0.525. The van der Waals surface area contributed by atoms with E-state index < -0.39 is 0 Å². The number of benzene rings is 1. The van der Waals surface area contributed by atoms with Crippen molar-refractivity contribution in [3.8, 4) is 0 Å². The van der Waals surface area contributed by atoms with Crippen LogP contribution in [0.5, 0.6) is 0 Å². The molecule has 0 aromatic heterocycles. The zero-order chi connectivity index (χ0) is 9.97. The zero-order valence-electron chi connectivity index (χ0n) is 7.54. The summed E-state index contributed by atoms with van der Waals surface area (Å²) in [5.41, 5.74) is 1.09. The van der Waals surface area contributed by atoms with Crippen molar-refractivity contribution in [2.45, 2.75) is 12.3 Å². The van der Waals surface area contributed by atoms with Crippen LogP contribution in [0.15, 0.2) is 24.3 Å². The number of halogens is 2. The van der Waals surface area contributed by atoms with Crippen LogP contribution >= 0.6 is 23.2 Å². The normalized spacial score (nSPS) is 26.7. The first kappa shape index (κ1) is 10.2. The minimum atomic E-state index is -0.0454. The molecule has 0 unspecified atom stereocenters. The third kappa shape index (κ3) is 2.20. The fourth-order valence-electron chi connectivity index (χ4n) is 1.45. The highest BCUT2D eigenvalue weighted by Crippen LogP contribution is 2.23. The van der Waals surface area contributed by atoms with Gasteiger partial charge in [-0.25, -0.2) is 0 Å². The molecule has 0 saturated carbocycles. The lowest BCUT2D eigenvalue weighted by molar-refractivity contribution is 0.0528. The number of rotatable bonds is 2. The molecule has 0 bridgehead atoms. The molecular weight excluding hydrogens is 221 g/mol. The predicted molar refractivity (Wildman–Crippen MR) is 57.8 cm³/mol. The van der Waals surface area contributed by atoms with Crippen LogP contribution in [-0.2, 0) is 4.74 Å². The minimum Gasteiger partial charge on any atom is -0.353 e. The lowest BCUT2D eigenvalue weighted by Crippen LogP contribution is -2.15. The Kier molecular flexibility index (Phi) is 3.29. The summed E-state index contributed by atoms with van der Waals surface area (Å²) in [6.07, 6.45) is 0.0633. The van der Waals surface area contributed by atoms with E-state index in [-0.39, 0.29) is 12.3 Å². The number of alkyl halides is 1. The van der Waals surface area contributed by atoms with E-state index in [1.807, 2.05) is 24.3 Å². The predicted octanol–water partition coefficient (Wildman–Crippen LogP) is 2.57. The van der Waals surface area contributed by atoms with E-state index in [9.17, 15) is 0 Å². The fourth-order valence-corrected chi connectivity index (χ4v) is 1.76. The monoisotopic (exact) mass is 231 g/mol. The van der Waals surface area contributed by atoms with E-state index in [0.29, 0.717) is 5.88 Å². The van der Waals surface area contributed by atoms with Gasteiger partial charge in [0.2, 0.25) is 0 Å². The molecule has 2 rings (SSSR count). The van der Waals surface area contributed by atoms with Crippen molar-refractivity contribution in [2.75, 3.05) is 12.4 Å². The molecule has 14 heavy (non-hydrogen) atoms. The Balaban J connectivity index is 2.06. The van der Waals surface area contributed by atoms with E-state index in [1.165, 1.54) is 0 Å². The summed E-state index contributed by atoms with van der Waals surface area (Å²) in [6, 6.07) is 7.62. The first-order valence-electron chi connectivity index (χ1n) is 4.50. The summed E-state index contributed by atoms with van der Waals surface area (Å²) in [7, 11) is 0. The second-order valence-electron chi connectivity index (χ2n) is 3.25. The molecule has 0 spiro atoms. The number of hydrogen-bond donors (Lipinski definition) is 1. The molecule has 1 fully saturated rings. The third-order valence-corrected chi connectivity index (χ3v) is 2.80. The SMILES string of the molecule is ClC[C@H]1CN[C@H](c2ccc(Cl)cc2)O1. The van der Waals surface area contributed by atoms with Crippen LogP contribution in [0.4, 0.5) is 0 Å². The highest BCUT2D eigenvalue weighted by molar-refractivity contribution is 6.30. The molecule has 1 aromatic carbocycles. The second-order valence-corrected chi connectivity index (χ2v) is 4.00. The summed E-state index contributed by atoms with van der Waals surface area (Å²) >= 11 is 11.5. The summed E-state index contributed by atoms with van der Waals surface area (Å²) in [5, 5.41) is 3.98. The first-order chi connectivity index (χ1) is 6.79. The maximum absolute atomic E-state index is 5.79. The lowest BCUT2D eigenvalue weighted by atomic mass is 10.2. The van der Waals surface area contributed by atoms with Gasteiger partial charge in [-0.15, -0.1) is 11.6 Å². The Labute approximate surface area is 93.2 Å². The highest BCUT2D eigenvalue weighted by Gasteiger charge is 2.24. The fraction of sp³-hybridized carbons (Fsp3) is 0.400. The zero-order valence-corrected chi connectivity index (χ0v) is 9.05. The van der Waals surface area contributed by atoms with Crippen molar-refractivity contribution in [3.63, 3.8) is 0 Å². The van der Waals surface area contributed by atoms with Gasteiger partial charge < -0.3 is 4.74 Å². The molecule has 1 N–H and O–H groups in total. The molecule has 1 aliphatic heterocycles. The van der Waals surface area contributed by atoms with Crippen LogP contribution < -0.4 is 5.32 Å². The molecule has 0 amide bonds. The Morgan fingerprint density at radius 1 is 1.36 bits per heavy atom. The van der Waals surface area contributed by atoms with E-state index in [2.05, 4.69) is 5.32 Å². The number of ether oxygens (including phenoxy) is 1. The molecule has 2 atom stereocenters. The molecule has 1 aliphatic rings. The van der Waals surface area contributed by atoms with Gasteiger partial charge in [-0.3, -0.25) is 5.32 Å². The smallest absolute Gasteiger partial charge is 0.134 e. The van der Waals surface area contributed by atoms with Gasteiger partial charge in [0.15, 0.2) is 0 Å². The summed E-state index contributed by atoms with van der Waals surface area (Å²) in [4.78, 5) is 0. The van der Waals surface area contributed by atoms with Gasteiger partial charge in [0.1, 0.15) is 6.23 Å². The molecule has 0 radical (unpaired) electrons. The first-order valence-corrected chi connectivity index (χ1v) is 5.41. The molecule has 1 aromatic rings.